The van der Waals surface area contributed by atoms with Crippen molar-refractivity contribution in [1.29, 1.82) is 0 Å². The zero-order valence-electron chi connectivity index (χ0n) is 11.3. The SMILES string of the molecule is CCCCC(/C=C(\SC)c1ccccc1)CC. The first kappa shape index (κ1) is 14.4. The number of thioether (sulfide) groups is 1. The Kier molecular flexibility index (Phi) is 7.11. The van der Waals surface area contributed by atoms with Gasteiger partial charge in [0.25, 0.3) is 0 Å². The number of benzene rings is 1. The molecule has 0 heterocycles. The van der Waals surface area contributed by atoms with Gasteiger partial charge in [0.2, 0.25) is 0 Å². The highest BCUT2D eigenvalue weighted by Crippen LogP contribution is 2.28. The second-order valence-electron chi connectivity index (χ2n) is 4.41. The van der Waals surface area contributed by atoms with Gasteiger partial charge in [-0.25, -0.2) is 0 Å². The van der Waals surface area contributed by atoms with Gasteiger partial charge in [-0.1, -0.05) is 63.1 Å². The van der Waals surface area contributed by atoms with E-state index >= 15 is 0 Å². The molecule has 0 aliphatic rings. The Bertz CT molecular complexity index is 327. The van der Waals surface area contributed by atoms with Crippen LogP contribution in [0.1, 0.15) is 45.1 Å². The van der Waals surface area contributed by atoms with E-state index < -0.39 is 0 Å². The van der Waals surface area contributed by atoms with Crippen molar-refractivity contribution in [2.45, 2.75) is 39.5 Å². The quantitative estimate of drug-likeness (QED) is 0.604. The van der Waals surface area contributed by atoms with Crippen molar-refractivity contribution in [3.05, 3.63) is 42.0 Å². The molecule has 0 saturated carbocycles. The van der Waals surface area contributed by atoms with Gasteiger partial charge in [0, 0.05) is 4.91 Å². The fourth-order valence-corrected chi connectivity index (χ4v) is 2.67. The summed E-state index contributed by atoms with van der Waals surface area (Å²) in [6.45, 7) is 4.56. The minimum Gasteiger partial charge on any atom is -0.129 e. The highest BCUT2D eigenvalue weighted by atomic mass is 32.2. The summed E-state index contributed by atoms with van der Waals surface area (Å²) in [6.07, 6.45) is 9.84. The van der Waals surface area contributed by atoms with Crippen LogP contribution < -0.4 is 0 Å². The van der Waals surface area contributed by atoms with Crippen LogP contribution in [0.5, 0.6) is 0 Å². The minimum absolute atomic E-state index is 0.734. The molecule has 94 valence electrons. The highest BCUT2D eigenvalue weighted by Gasteiger charge is 2.06. The molecule has 1 unspecified atom stereocenters. The van der Waals surface area contributed by atoms with Crippen LogP contribution in [0.2, 0.25) is 0 Å². The normalized spacial score (nSPS) is 13.7. The fraction of sp³-hybridized carbons (Fsp3) is 0.500. The van der Waals surface area contributed by atoms with Gasteiger partial charge in [0.15, 0.2) is 0 Å². The predicted molar refractivity (Wildman–Crippen MR) is 81.2 cm³/mol. The molecule has 0 aliphatic heterocycles. The van der Waals surface area contributed by atoms with Crippen molar-refractivity contribution >= 4 is 16.7 Å². The predicted octanol–water partition coefficient (Wildman–Crippen LogP) is 5.61. The largest absolute Gasteiger partial charge is 0.129 e. The van der Waals surface area contributed by atoms with Gasteiger partial charge in [0.1, 0.15) is 0 Å². The third kappa shape index (κ3) is 4.99. The van der Waals surface area contributed by atoms with Crippen LogP contribution in [0.4, 0.5) is 0 Å². The van der Waals surface area contributed by atoms with Crippen LogP contribution in [-0.2, 0) is 0 Å². The lowest BCUT2D eigenvalue weighted by Crippen LogP contribution is -1.95. The van der Waals surface area contributed by atoms with E-state index in [1.165, 1.54) is 36.2 Å². The molecule has 0 amide bonds. The van der Waals surface area contributed by atoms with Crippen molar-refractivity contribution in [3.8, 4) is 0 Å². The lowest BCUT2D eigenvalue weighted by molar-refractivity contribution is 0.542. The molecule has 1 rings (SSSR count). The molecule has 1 aromatic rings. The van der Waals surface area contributed by atoms with Crippen LogP contribution in [0.25, 0.3) is 4.91 Å². The van der Waals surface area contributed by atoms with E-state index in [0.29, 0.717) is 0 Å². The average molecular weight is 248 g/mol. The summed E-state index contributed by atoms with van der Waals surface area (Å²) < 4.78 is 0. The first-order chi connectivity index (χ1) is 8.31. The topological polar surface area (TPSA) is 0 Å². The molecule has 0 aromatic heterocycles. The standard InChI is InChI=1S/C16H24S/c1-4-6-10-14(5-2)13-16(17-3)15-11-8-7-9-12-15/h7-9,11-14H,4-6,10H2,1-3H3/b16-13-. The summed E-state index contributed by atoms with van der Waals surface area (Å²) in [5.74, 6) is 0.734. The second kappa shape index (κ2) is 8.41. The number of unbranched alkanes of at least 4 members (excludes halogenated alkanes) is 1. The van der Waals surface area contributed by atoms with Gasteiger partial charge in [-0.15, -0.1) is 11.8 Å². The molecular weight excluding hydrogens is 224 g/mol. The molecule has 0 fully saturated rings. The Labute approximate surface area is 111 Å². The smallest absolute Gasteiger partial charge is 0.0104 e. The first-order valence-corrected chi connectivity index (χ1v) is 7.85. The zero-order valence-corrected chi connectivity index (χ0v) is 12.1. The third-order valence-corrected chi connectivity index (χ3v) is 3.93. The van der Waals surface area contributed by atoms with Crippen molar-refractivity contribution in [2.24, 2.45) is 5.92 Å². The molecule has 0 N–H and O–H groups in total. The van der Waals surface area contributed by atoms with E-state index in [1.54, 1.807) is 0 Å². The van der Waals surface area contributed by atoms with Crippen molar-refractivity contribution < 1.29 is 0 Å². The van der Waals surface area contributed by atoms with Gasteiger partial charge >= 0.3 is 0 Å². The number of hydrogen-bond donors (Lipinski definition) is 0. The van der Waals surface area contributed by atoms with Gasteiger partial charge in [-0.3, -0.25) is 0 Å². The van der Waals surface area contributed by atoms with Crippen LogP contribution in [0, 0.1) is 5.92 Å². The van der Waals surface area contributed by atoms with Crippen LogP contribution >= 0.6 is 11.8 Å². The highest BCUT2D eigenvalue weighted by molar-refractivity contribution is 8.07. The fourth-order valence-electron chi connectivity index (χ4n) is 1.97. The van der Waals surface area contributed by atoms with Crippen molar-refractivity contribution in [2.75, 3.05) is 6.26 Å². The maximum Gasteiger partial charge on any atom is 0.0104 e. The molecule has 0 radical (unpaired) electrons. The summed E-state index contributed by atoms with van der Waals surface area (Å²) in [6, 6.07) is 10.7. The molecule has 1 aromatic carbocycles. The van der Waals surface area contributed by atoms with Crippen LogP contribution in [0.3, 0.4) is 0 Å². The van der Waals surface area contributed by atoms with Gasteiger partial charge in [-0.2, -0.15) is 0 Å². The van der Waals surface area contributed by atoms with Crippen molar-refractivity contribution in [1.82, 2.24) is 0 Å². The molecule has 1 heteroatoms. The Morgan fingerprint density at radius 1 is 1.24 bits per heavy atom. The zero-order chi connectivity index (χ0) is 12.5. The molecule has 0 bridgehead atoms. The summed E-state index contributed by atoms with van der Waals surface area (Å²) in [4.78, 5) is 1.42. The Morgan fingerprint density at radius 3 is 2.47 bits per heavy atom. The summed E-state index contributed by atoms with van der Waals surface area (Å²) in [7, 11) is 0. The van der Waals surface area contributed by atoms with Gasteiger partial charge < -0.3 is 0 Å². The molecule has 1 atom stereocenters. The lowest BCUT2D eigenvalue weighted by Gasteiger charge is -2.12. The first-order valence-electron chi connectivity index (χ1n) is 6.63. The minimum atomic E-state index is 0.734. The number of hydrogen-bond acceptors (Lipinski definition) is 1. The molecule has 0 aliphatic carbocycles. The summed E-state index contributed by atoms with van der Waals surface area (Å²) in [5.41, 5.74) is 1.36. The van der Waals surface area contributed by atoms with E-state index in [1.807, 2.05) is 11.8 Å². The van der Waals surface area contributed by atoms with Crippen LogP contribution in [0.15, 0.2) is 36.4 Å². The molecular formula is C16H24S. The molecule has 0 nitrogen and oxygen atoms in total. The van der Waals surface area contributed by atoms with E-state index in [4.69, 9.17) is 0 Å². The number of allylic oxidation sites excluding steroid dienone is 1. The third-order valence-electron chi connectivity index (χ3n) is 3.12. The molecule has 0 spiro atoms. The average Bonchev–Trinajstić information content (AvgIpc) is 2.40. The van der Waals surface area contributed by atoms with E-state index in [9.17, 15) is 0 Å². The maximum atomic E-state index is 2.47. The van der Waals surface area contributed by atoms with Gasteiger partial charge in [0.05, 0.1) is 0 Å². The van der Waals surface area contributed by atoms with Crippen LogP contribution in [-0.4, -0.2) is 6.26 Å². The lowest BCUT2D eigenvalue weighted by atomic mass is 9.98. The summed E-state index contributed by atoms with van der Waals surface area (Å²) >= 11 is 1.86. The Hall–Kier alpha value is -0.690. The monoisotopic (exact) mass is 248 g/mol. The number of rotatable bonds is 7. The molecule has 17 heavy (non-hydrogen) atoms. The second-order valence-corrected chi connectivity index (χ2v) is 5.26. The van der Waals surface area contributed by atoms with E-state index in [-0.39, 0.29) is 0 Å². The van der Waals surface area contributed by atoms with Gasteiger partial charge in [-0.05, 0) is 30.6 Å². The van der Waals surface area contributed by atoms with Crippen molar-refractivity contribution in [3.63, 3.8) is 0 Å². The van der Waals surface area contributed by atoms with E-state index in [0.717, 1.165) is 5.92 Å². The Balaban J connectivity index is 2.77. The molecule has 0 saturated heterocycles. The maximum absolute atomic E-state index is 2.47. The van der Waals surface area contributed by atoms with E-state index in [2.05, 4.69) is 56.5 Å². The Morgan fingerprint density at radius 2 is 1.94 bits per heavy atom. The summed E-state index contributed by atoms with van der Waals surface area (Å²) in [5, 5.41) is 0.